The number of nitrogens with zero attached hydrogens (tertiary/aromatic N) is 4. The first-order valence-corrected chi connectivity index (χ1v) is 10.1. The van der Waals surface area contributed by atoms with Gasteiger partial charge in [-0.3, -0.25) is 4.79 Å². The molecule has 0 spiro atoms. The van der Waals surface area contributed by atoms with E-state index in [1.165, 1.54) is 16.9 Å². The summed E-state index contributed by atoms with van der Waals surface area (Å²) >= 11 is 0. The number of aromatic nitrogens is 4. The third-order valence-corrected chi connectivity index (χ3v) is 5.31. The molecule has 1 N–H and O–H groups in total. The topological polar surface area (TPSA) is 64.7 Å². The standard InChI is InChI=1S/C23H18F3N5O/c24-23(25,26)16-4-1-7-19(12-16)31-21(15-8-9-15)20(14-28-31)22(32)29-17-5-2-6-18(13-17)30-11-3-10-27-30/h1-7,10-15H,8-9H2,(H,29,32). The summed E-state index contributed by atoms with van der Waals surface area (Å²) in [5.74, 6) is -0.272. The van der Waals surface area contributed by atoms with Crippen LogP contribution in [0.4, 0.5) is 18.9 Å². The quantitative estimate of drug-likeness (QED) is 0.466. The Labute approximate surface area is 181 Å². The molecule has 2 aromatic carbocycles. The second-order valence-electron chi connectivity index (χ2n) is 7.63. The monoisotopic (exact) mass is 437 g/mol. The average molecular weight is 437 g/mol. The van der Waals surface area contributed by atoms with E-state index in [0.29, 0.717) is 16.9 Å². The molecule has 0 atom stereocenters. The van der Waals surface area contributed by atoms with Crippen LogP contribution in [0.3, 0.4) is 0 Å². The molecule has 5 rings (SSSR count). The van der Waals surface area contributed by atoms with Crippen molar-refractivity contribution in [2.45, 2.75) is 24.9 Å². The van der Waals surface area contributed by atoms with Crippen molar-refractivity contribution in [1.29, 1.82) is 0 Å². The second-order valence-corrected chi connectivity index (χ2v) is 7.63. The minimum atomic E-state index is -4.46. The molecule has 1 fully saturated rings. The average Bonchev–Trinajstić information content (AvgIpc) is 3.28. The highest BCUT2D eigenvalue weighted by Crippen LogP contribution is 2.43. The molecule has 162 valence electrons. The van der Waals surface area contributed by atoms with Crippen molar-refractivity contribution in [2.24, 2.45) is 0 Å². The third-order valence-electron chi connectivity index (χ3n) is 5.31. The molecule has 0 bridgehead atoms. The first kappa shape index (κ1) is 20.0. The van der Waals surface area contributed by atoms with Crippen molar-refractivity contribution < 1.29 is 18.0 Å². The Hall–Kier alpha value is -3.88. The van der Waals surface area contributed by atoms with Crippen LogP contribution in [0.1, 0.15) is 40.4 Å². The lowest BCUT2D eigenvalue weighted by Gasteiger charge is -2.12. The lowest BCUT2D eigenvalue weighted by molar-refractivity contribution is -0.137. The van der Waals surface area contributed by atoms with Gasteiger partial charge in [-0.05, 0) is 55.3 Å². The lowest BCUT2D eigenvalue weighted by Crippen LogP contribution is -2.15. The van der Waals surface area contributed by atoms with Crippen molar-refractivity contribution in [1.82, 2.24) is 19.6 Å². The molecule has 4 aromatic rings. The van der Waals surface area contributed by atoms with E-state index in [0.717, 1.165) is 30.7 Å². The molecular formula is C23H18F3N5O. The number of benzene rings is 2. The van der Waals surface area contributed by atoms with E-state index in [2.05, 4.69) is 15.5 Å². The second kappa shape index (κ2) is 7.67. The van der Waals surface area contributed by atoms with Gasteiger partial charge in [-0.1, -0.05) is 12.1 Å². The van der Waals surface area contributed by atoms with E-state index in [1.807, 2.05) is 6.07 Å². The molecule has 0 saturated heterocycles. The zero-order valence-electron chi connectivity index (χ0n) is 16.8. The van der Waals surface area contributed by atoms with Gasteiger partial charge in [0.05, 0.1) is 34.4 Å². The summed E-state index contributed by atoms with van der Waals surface area (Å²) in [4.78, 5) is 13.1. The van der Waals surface area contributed by atoms with Crippen molar-refractivity contribution in [3.63, 3.8) is 0 Å². The van der Waals surface area contributed by atoms with Gasteiger partial charge in [0.1, 0.15) is 0 Å². The van der Waals surface area contributed by atoms with Crippen molar-refractivity contribution in [3.8, 4) is 11.4 Å². The molecule has 9 heteroatoms. The number of hydrogen-bond donors (Lipinski definition) is 1. The van der Waals surface area contributed by atoms with Gasteiger partial charge in [-0.25, -0.2) is 9.36 Å². The maximum absolute atomic E-state index is 13.2. The fourth-order valence-corrected chi connectivity index (χ4v) is 3.65. The molecule has 2 aromatic heterocycles. The Kier molecular flexibility index (Phi) is 4.80. The Balaban J connectivity index is 1.46. The predicted molar refractivity (Wildman–Crippen MR) is 112 cm³/mol. The van der Waals surface area contributed by atoms with Gasteiger partial charge in [0, 0.05) is 24.0 Å². The van der Waals surface area contributed by atoms with E-state index in [4.69, 9.17) is 0 Å². The fraction of sp³-hybridized carbons (Fsp3) is 0.174. The van der Waals surface area contributed by atoms with Crippen LogP contribution >= 0.6 is 0 Å². The SMILES string of the molecule is O=C(Nc1cccc(-n2cccn2)c1)c1cnn(-c2cccc(C(F)(F)F)c2)c1C1CC1. The maximum atomic E-state index is 13.2. The van der Waals surface area contributed by atoms with Crippen molar-refractivity contribution in [2.75, 3.05) is 5.32 Å². The van der Waals surface area contributed by atoms with Crippen LogP contribution in [0.25, 0.3) is 11.4 Å². The first-order valence-electron chi connectivity index (χ1n) is 10.1. The zero-order valence-corrected chi connectivity index (χ0v) is 16.8. The molecule has 0 unspecified atom stereocenters. The third kappa shape index (κ3) is 3.89. The summed E-state index contributed by atoms with van der Waals surface area (Å²) in [7, 11) is 0. The molecule has 1 aliphatic rings. The number of carbonyl (C=O) groups is 1. The minimum absolute atomic E-state index is 0.0863. The van der Waals surface area contributed by atoms with Crippen LogP contribution in [0.2, 0.25) is 0 Å². The lowest BCUT2D eigenvalue weighted by atomic mass is 10.1. The van der Waals surface area contributed by atoms with E-state index in [-0.39, 0.29) is 17.5 Å². The highest BCUT2D eigenvalue weighted by atomic mass is 19.4. The molecule has 1 amide bonds. The van der Waals surface area contributed by atoms with Gasteiger partial charge < -0.3 is 5.32 Å². The van der Waals surface area contributed by atoms with E-state index in [1.54, 1.807) is 47.4 Å². The van der Waals surface area contributed by atoms with E-state index in [9.17, 15) is 18.0 Å². The van der Waals surface area contributed by atoms with Crippen molar-refractivity contribution in [3.05, 3.63) is 90.0 Å². The number of nitrogens with one attached hydrogen (secondary N) is 1. The Morgan fingerprint density at radius 1 is 1.00 bits per heavy atom. The molecule has 32 heavy (non-hydrogen) atoms. The fourth-order valence-electron chi connectivity index (χ4n) is 3.65. The maximum Gasteiger partial charge on any atom is 0.416 e. The van der Waals surface area contributed by atoms with Gasteiger partial charge in [0.25, 0.3) is 5.91 Å². The summed E-state index contributed by atoms with van der Waals surface area (Å²) in [6, 6.07) is 14.0. The highest BCUT2D eigenvalue weighted by Gasteiger charge is 2.34. The minimum Gasteiger partial charge on any atom is -0.322 e. The number of halogens is 3. The van der Waals surface area contributed by atoms with E-state index < -0.39 is 11.7 Å². The molecule has 0 aliphatic heterocycles. The molecule has 0 radical (unpaired) electrons. The van der Waals surface area contributed by atoms with Crippen LogP contribution in [-0.4, -0.2) is 25.5 Å². The Bertz CT molecular complexity index is 1270. The summed E-state index contributed by atoms with van der Waals surface area (Å²) in [6.45, 7) is 0. The zero-order chi connectivity index (χ0) is 22.3. The Morgan fingerprint density at radius 2 is 1.78 bits per heavy atom. The number of rotatable bonds is 5. The van der Waals surface area contributed by atoms with Crippen LogP contribution in [0, 0.1) is 0 Å². The molecule has 1 aliphatic carbocycles. The largest absolute Gasteiger partial charge is 0.416 e. The molecule has 6 nitrogen and oxygen atoms in total. The van der Waals surface area contributed by atoms with Gasteiger partial charge >= 0.3 is 6.18 Å². The van der Waals surface area contributed by atoms with Gasteiger partial charge in [-0.15, -0.1) is 0 Å². The first-order chi connectivity index (χ1) is 15.4. The van der Waals surface area contributed by atoms with Gasteiger partial charge in [-0.2, -0.15) is 23.4 Å². The van der Waals surface area contributed by atoms with Crippen LogP contribution in [0.15, 0.2) is 73.2 Å². The number of anilines is 1. The number of hydrogen-bond acceptors (Lipinski definition) is 3. The molecule has 2 heterocycles. The summed E-state index contributed by atoms with van der Waals surface area (Å²) in [5, 5.41) is 11.3. The number of alkyl halides is 3. The summed E-state index contributed by atoms with van der Waals surface area (Å²) in [6.07, 6.45) is 2.14. The van der Waals surface area contributed by atoms with Gasteiger partial charge in [0.2, 0.25) is 0 Å². The molecule has 1 saturated carbocycles. The van der Waals surface area contributed by atoms with Crippen molar-refractivity contribution >= 4 is 11.6 Å². The Morgan fingerprint density at radius 3 is 2.50 bits per heavy atom. The number of amides is 1. The highest BCUT2D eigenvalue weighted by molar-refractivity contribution is 6.05. The summed E-state index contributed by atoms with van der Waals surface area (Å²) < 4.78 is 42.6. The number of carbonyl (C=O) groups excluding carboxylic acids is 1. The van der Waals surface area contributed by atoms with Crippen LogP contribution in [0.5, 0.6) is 0 Å². The molecular weight excluding hydrogens is 419 g/mol. The smallest absolute Gasteiger partial charge is 0.322 e. The predicted octanol–water partition coefficient (Wildman–Crippen LogP) is 5.21. The van der Waals surface area contributed by atoms with E-state index >= 15 is 0 Å². The normalized spacial score (nSPS) is 13.8. The van der Waals surface area contributed by atoms with Gasteiger partial charge in [0.15, 0.2) is 0 Å². The van der Waals surface area contributed by atoms with Crippen LogP contribution < -0.4 is 5.32 Å². The van der Waals surface area contributed by atoms with Crippen LogP contribution in [-0.2, 0) is 6.18 Å². The summed E-state index contributed by atoms with van der Waals surface area (Å²) in [5.41, 5.74) is 1.88.